The minimum atomic E-state index is -0.618. The van der Waals surface area contributed by atoms with Crippen LogP contribution in [0.15, 0.2) is 48.5 Å². The Morgan fingerprint density at radius 1 is 0.952 bits per heavy atom. The Balaban J connectivity index is 0.000000677. The zero-order valence-electron chi connectivity index (χ0n) is 25.6. The van der Waals surface area contributed by atoms with E-state index in [-0.39, 0.29) is 20.3 Å². The monoisotopic (exact) mass is 579 g/mol. The Bertz CT molecular complexity index is 1040. The van der Waals surface area contributed by atoms with Crippen LogP contribution < -0.4 is 20.5 Å². The molecule has 3 radical (unpaired) electrons. The Morgan fingerprint density at radius 3 is 2.17 bits per heavy atom. The smallest absolute Gasteiger partial charge is 0.305 e. The van der Waals surface area contributed by atoms with Crippen LogP contribution in [-0.4, -0.2) is 59.0 Å². The van der Waals surface area contributed by atoms with Crippen LogP contribution in [0.3, 0.4) is 0 Å². The van der Waals surface area contributed by atoms with Crippen molar-refractivity contribution in [2.75, 3.05) is 26.9 Å². The number of ketones is 1. The lowest BCUT2D eigenvalue weighted by molar-refractivity contribution is -0.143. The number of rotatable bonds is 16. The predicted molar refractivity (Wildman–Crippen MR) is 167 cm³/mol. The molecule has 0 aromatic heterocycles. The van der Waals surface area contributed by atoms with Crippen molar-refractivity contribution < 1.29 is 28.6 Å². The van der Waals surface area contributed by atoms with Gasteiger partial charge in [0.15, 0.2) is 0 Å². The fraction of sp³-hybridized carbons (Fsp3) is 0.545. The van der Waals surface area contributed by atoms with Gasteiger partial charge in [-0.1, -0.05) is 49.9 Å². The Kier molecular flexibility index (Phi) is 18.7. The zero-order valence-corrected chi connectivity index (χ0v) is 25.6. The maximum Gasteiger partial charge on any atom is 0.305 e. The van der Waals surface area contributed by atoms with E-state index >= 15 is 0 Å². The third-order valence-electron chi connectivity index (χ3n) is 7.07. The molecule has 2 aromatic carbocycles. The molecule has 1 fully saturated rings. The highest BCUT2D eigenvalue weighted by Gasteiger charge is 2.15. The summed E-state index contributed by atoms with van der Waals surface area (Å²) in [5.41, 5.74) is 8.13. The van der Waals surface area contributed by atoms with Gasteiger partial charge in [-0.25, -0.2) is 0 Å². The third-order valence-corrected chi connectivity index (χ3v) is 7.07. The van der Waals surface area contributed by atoms with Crippen LogP contribution in [0.1, 0.15) is 76.3 Å². The molecule has 0 heterocycles. The van der Waals surface area contributed by atoms with Gasteiger partial charge in [0.25, 0.3) is 0 Å². The summed E-state index contributed by atoms with van der Waals surface area (Å²) in [7, 11) is 1.63. The number of benzene rings is 2. The normalized spacial score (nSPS) is 13.1. The minimum absolute atomic E-state index is 0. The second-order valence-electron chi connectivity index (χ2n) is 10.5. The number of hydrogen-bond donors (Lipinski definition) is 2. The summed E-state index contributed by atoms with van der Waals surface area (Å²) in [6, 6.07) is 14.6. The summed E-state index contributed by atoms with van der Waals surface area (Å²) >= 11 is 0. The van der Waals surface area contributed by atoms with Crippen LogP contribution in [0.25, 0.3) is 0 Å². The average Bonchev–Trinajstić information content (AvgIpc) is 3.50. The first-order valence-corrected chi connectivity index (χ1v) is 14.8. The number of esters is 1. The van der Waals surface area contributed by atoms with Crippen LogP contribution in [0.5, 0.6) is 11.5 Å². The molecular weight excluding hydrogens is 531 g/mol. The number of ether oxygens (including phenoxy) is 3. The number of amides is 1. The summed E-state index contributed by atoms with van der Waals surface area (Å²) in [6.07, 6.45) is 9.59. The van der Waals surface area contributed by atoms with Gasteiger partial charge in [-0.3, -0.25) is 9.59 Å². The number of nitrogens with two attached hydrogens (primary N) is 1. The topological polar surface area (TPSA) is 117 Å². The lowest BCUT2D eigenvalue weighted by Gasteiger charge is -2.13. The zero-order chi connectivity index (χ0) is 29.9. The van der Waals surface area contributed by atoms with Gasteiger partial charge in [-0.15, -0.1) is 0 Å². The van der Waals surface area contributed by atoms with Gasteiger partial charge in [-0.2, -0.15) is 0 Å². The molecular formula is C33H48BN2O6. The lowest BCUT2D eigenvalue weighted by atomic mass is 10.0. The molecule has 0 bridgehead atoms. The van der Waals surface area contributed by atoms with Crippen LogP contribution >= 0.6 is 0 Å². The Labute approximate surface area is 253 Å². The number of carbonyl (C=O) groups excluding carboxylic acids is 3. The molecule has 0 aliphatic heterocycles. The molecule has 1 aliphatic rings. The molecule has 9 heteroatoms. The number of carbonyl (C=O) groups is 3. The van der Waals surface area contributed by atoms with E-state index in [1.165, 1.54) is 25.7 Å². The van der Waals surface area contributed by atoms with Crippen molar-refractivity contribution in [3.8, 4) is 11.5 Å². The van der Waals surface area contributed by atoms with Gasteiger partial charge >= 0.3 is 5.97 Å². The molecule has 229 valence electrons. The van der Waals surface area contributed by atoms with Crippen molar-refractivity contribution in [1.82, 2.24) is 5.32 Å². The van der Waals surface area contributed by atoms with Crippen molar-refractivity contribution in [1.29, 1.82) is 0 Å². The van der Waals surface area contributed by atoms with Gasteiger partial charge in [0.2, 0.25) is 5.91 Å². The van der Waals surface area contributed by atoms with Crippen molar-refractivity contribution in [2.24, 2.45) is 11.7 Å². The maximum absolute atomic E-state index is 12.3. The summed E-state index contributed by atoms with van der Waals surface area (Å²) in [4.78, 5) is 34.2. The van der Waals surface area contributed by atoms with E-state index in [1.807, 2.05) is 48.5 Å². The summed E-state index contributed by atoms with van der Waals surface area (Å²) < 4.78 is 15.6. The summed E-state index contributed by atoms with van der Waals surface area (Å²) in [5.74, 6) is 2.37. The highest BCUT2D eigenvalue weighted by atomic mass is 16.5. The molecule has 1 amide bonds. The molecule has 1 saturated carbocycles. The highest BCUT2D eigenvalue weighted by molar-refractivity contribution is 5.81. The number of Topliss-reactive ketones (excluding diaryl/α,β-unsaturated/α-hetero) is 1. The molecule has 0 saturated heterocycles. The van der Waals surface area contributed by atoms with Crippen LogP contribution in [-0.2, 0) is 32.0 Å². The van der Waals surface area contributed by atoms with Crippen LogP contribution in [0.2, 0.25) is 0 Å². The highest BCUT2D eigenvalue weighted by Crippen LogP contribution is 2.28. The third kappa shape index (κ3) is 15.6. The number of nitrogens with one attached hydrogen (secondary N) is 1. The summed E-state index contributed by atoms with van der Waals surface area (Å²) in [6.45, 7) is 4.83. The van der Waals surface area contributed by atoms with E-state index in [0.29, 0.717) is 50.6 Å². The molecule has 3 rings (SSSR count). The van der Waals surface area contributed by atoms with Crippen molar-refractivity contribution >= 4 is 26.1 Å². The largest absolute Gasteiger partial charge is 0.497 e. The SMILES string of the molecule is CC(=O)CCC1CCCC1.CCOC(=O)CCCOc1ccc(C[C@H](N)C(=O)NCCc2ccc(OC)cc2)cc1.[B]. The number of methoxy groups -OCH3 is 1. The minimum Gasteiger partial charge on any atom is -0.497 e. The number of hydrogen-bond acceptors (Lipinski definition) is 7. The fourth-order valence-corrected chi connectivity index (χ4v) is 4.67. The van der Waals surface area contributed by atoms with Crippen LogP contribution in [0.4, 0.5) is 0 Å². The average molecular weight is 580 g/mol. The first kappa shape index (κ1) is 36.7. The fourth-order valence-electron chi connectivity index (χ4n) is 4.67. The second kappa shape index (κ2) is 21.4. The maximum atomic E-state index is 12.3. The molecule has 1 atom stereocenters. The first-order valence-electron chi connectivity index (χ1n) is 14.8. The van der Waals surface area contributed by atoms with Crippen molar-refractivity contribution in [2.45, 2.75) is 84.1 Å². The van der Waals surface area contributed by atoms with Gasteiger partial charge in [0.1, 0.15) is 17.3 Å². The van der Waals surface area contributed by atoms with E-state index in [4.69, 9.17) is 19.9 Å². The summed E-state index contributed by atoms with van der Waals surface area (Å²) in [5, 5.41) is 2.89. The van der Waals surface area contributed by atoms with E-state index in [9.17, 15) is 14.4 Å². The second-order valence-corrected chi connectivity index (χ2v) is 10.5. The van der Waals surface area contributed by atoms with Gasteiger partial charge in [0.05, 0.1) is 26.4 Å². The first-order chi connectivity index (χ1) is 19.8. The molecule has 8 nitrogen and oxygen atoms in total. The lowest BCUT2D eigenvalue weighted by Crippen LogP contribution is -2.42. The van der Waals surface area contributed by atoms with Gasteiger partial charge in [-0.05, 0) is 80.8 Å². The van der Waals surface area contributed by atoms with Gasteiger partial charge < -0.3 is 30.1 Å². The molecule has 42 heavy (non-hydrogen) atoms. The van der Waals surface area contributed by atoms with E-state index in [0.717, 1.165) is 42.1 Å². The Morgan fingerprint density at radius 2 is 1.57 bits per heavy atom. The molecule has 0 unspecified atom stereocenters. The van der Waals surface area contributed by atoms with Crippen molar-refractivity contribution in [3.63, 3.8) is 0 Å². The molecule has 0 spiro atoms. The quantitative estimate of drug-likeness (QED) is 0.167. The molecule has 2 aromatic rings. The van der Waals surface area contributed by atoms with E-state index < -0.39 is 6.04 Å². The molecule has 3 N–H and O–H groups in total. The van der Waals surface area contributed by atoms with E-state index in [1.54, 1.807) is 21.0 Å². The van der Waals surface area contributed by atoms with Gasteiger partial charge in [0, 0.05) is 27.8 Å². The Hall–Kier alpha value is -3.33. The van der Waals surface area contributed by atoms with Crippen molar-refractivity contribution in [3.05, 3.63) is 59.7 Å². The van der Waals surface area contributed by atoms with Crippen LogP contribution in [0, 0.1) is 5.92 Å². The van der Waals surface area contributed by atoms with E-state index in [2.05, 4.69) is 5.32 Å². The predicted octanol–water partition coefficient (Wildman–Crippen LogP) is 4.81. The molecule has 1 aliphatic carbocycles. The standard InChI is InChI=1S/C24H32N2O5.C9H16O.B/c1-3-30-23(27)5-4-16-31-21-12-8-19(9-13-21)17-22(25)24(28)26-15-14-18-6-10-20(29-2)11-7-18;1-8(10)6-7-9-4-2-3-5-9;/h6-13,22H,3-5,14-17,25H2,1-2H3,(H,26,28);9H,2-7H2,1H3;/t22-;;/m0../s1.